The summed E-state index contributed by atoms with van der Waals surface area (Å²) in [5, 5.41) is 0. The van der Waals surface area contributed by atoms with Crippen LogP contribution in [0.15, 0.2) is 0 Å². The van der Waals surface area contributed by atoms with Crippen molar-refractivity contribution in [3.05, 3.63) is 0 Å². The number of hydrogen-bond acceptors (Lipinski definition) is 1. The molecule has 1 nitrogen and oxygen atoms in total. The Morgan fingerprint density at radius 3 is 2.27 bits per heavy atom. The zero-order valence-corrected chi connectivity index (χ0v) is 6.70. The minimum atomic E-state index is -2.68. The van der Waals surface area contributed by atoms with Gasteiger partial charge in [-0.1, -0.05) is 0 Å². The highest BCUT2D eigenvalue weighted by Crippen LogP contribution is 2.46. The third kappa shape index (κ3) is 1.70. The largest absolute Gasteiger partial charge is 0.303 e. The maximum absolute atomic E-state index is 12.6. The van der Waals surface area contributed by atoms with Gasteiger partial charge in [-0.15, -0.1) is 11.6 Å². The zero-order chi connectivity index (χ0) is 8.54. The molecule has 0 aromatic heterocycles. The third-order valence-electron chi connectivity index (χ3n) is 2.12. The molecule has 1 atom stereocenters. The Bertz CT molecular complexity index is 172. The van der Waals surface area contributed by atoms with E-state index >= 15 is 0 Å². The average Bonchev–Trinajstić information content (AvgIpc) is 2.28. The van der Waals surface area contributed by atoms with Gasteiger partial charge in [-0.2, -0.15) is 0 Å². The standard InChI is InChI=1S/C7H9ClF2O/c8-4-6(5-11)1-2-7(9,10)3-6/h5H,1-4H2. The molecule has 1 aliphatic carbocycles. The minimum Gasteiger partial charge on any atom is -0.303 e. The minimum absolute atomic E-state index is 0.00604. The Hall–Kier alpha value is -0.180. The van der Waals surface area contributed by atoms with Crippen molar-refractivity contribution in [3.63, 3.8) is 0 Å². The van der Waals surface area contributed by atoms with E-state index in [4.69, 9.17) is 11.6 Å². The Morgan fingerprint density at radius 1 is 1.45 bits per heavy atom. The van der Waals surface area contributed by atoms with Gasteiger partial charge < -0.3 is 4.79 Å². The summed E-state index contributed by atoms with van der Waals surface area (Å²) in [7, 11) is 0. The molecule has 0 spiro atoms. The summed E-state index contributed by atoms with van der Waals surface area (Å²) >= 11 is 5.43. The van der Waals surface area contributed by atoms with E-state index in [0.29, 0.717) is 6.29 Å². The molecule has 0 bridgehead atoms. The first kappa shape index (κ1) is 8.91. The Morgan fingerprint density at radius 2 is 2.09 bits per heavy atom. The van der Waals surface area contributed by atoms with Gasteiger partial charge in [-0.25, -0.2) is 8.78 Å². The van der Waals surface area contributed by atoms with Gasteiger partial charge >= 0.3 is 0 Å². The zero-order valence-electron chi connectivity index (χ0n) is 5.95. The first-order valence-electron chi connectivity index (χ1n) is 3.44. The van der Waals surface area contributed by atoms with Crippen LogP contribution in [0.4, 0.5) is 8.78 Å². The van der Waals surface area contributed by atoms with Crippen LogP contribution in [-0.2, 0) is 4.79 Å². The molecule has 0 aliphatic heterocycles. The van der Waals surface area contributed by atoms with Crippen LogP contribution in [0.25, 0.3) is 0 Å². The predicted molar refractivity (Wildman–Crippen MR) is 38.0 cm³/mol. The number of hydrogen-bond donors (Lipinski definition) is 0. The van der Waals surface area contributed by atoms with E-state index in [0.717, 1.165) is 0 Å². The van der Waals surface area contributed by atoms with Crippen LogP contribution < -0.4 is 0 Å². The molecule has 0 radical (unpaired) electrons. The van der Waals surface area contributed by atoms with Crippen molar-refractivity contribution in [3.8, 4) is 0 Å². The number of carbonyl (C=O) groups excluding carboxylic acids is 1. The summed E-state index contributed by atoms with van der Waals surface area (Å²) < 4.78 is 25.2. The lowest BCUT2D eigenvalue weighted by atomic mass is 9.91. The molecule has 11 heavy (non-hydrogen) atoms. The van der Waals surface area contributed by atoms with Crippen LogP contribution in [0.3, 0.4) is 0 Å². The van der Waals surface area contributed by atoms with E-state index in [-0.39, 0.29) is 25.1 Å². The first-order chi connectivity index (χ1) is 5.04. The smallest absolute Gasteiger partial charge is 0.249 e. The Kier molecular flexibility index (Phi) is 2.19. The molecular formula is C7H9ClF2O. The van der Waals surface area contributed by atoms with Gasteiger partial charge in [-0.05, 0) is 6.42 Å². The van der Waals surface area contributed by atoms with Gasteiger partial charge in [0.15, 0.2) is 0 Å². The Labute approximate surface area is 68.7 Å². The number of carbonyl (C=O) groups is 1. The van der Waals surface area contributed by atoms with Crippen molar-refractivity contribution < 1.29 is 13.6 Å². The van der Waals surface area contributed by atoms with Gasteiger partial charge in [0.1, 0.15) is 6.29 Å². The summed E-state index contributed by atoms with van der Waals surface area (Å²) in [6, 6.07) is 0. The van der Waals surface area contributed by atoms with Crippen LogP contribution in [0.1, 0.15) is 19.3 Å². The maximum Gasteiger partial charge on any atom is 0.249 e. The van der Waals surface area contributed by atoms with E-state index in [9.17, 15) is 13.6 Å². The first-order valence-corrected chi connectivity index (χ1v) is 3.97. The van der Waals surface area contributed by atoms with Crippen molar-refractivity contribution in [2.24, 2.45) is 5.41 Å². The van der Waals surface area contributed by atoms with Crippen molar-refractivity contribution in [1.29, 1.82) is 0 Å². The topological polar surface area (TPSA) is 17.1 Å². The van der Waals surface area contributed by atoms with E-state index in [2.05, 4.69) is 0 Å². The van der Waals surface area contributed by atoms with Gasteiger partial charge in [0.05, 0.1) is 0 Å². The highest BCUT2D eigenvalue weighted by atomic mass is 35.5. The fourth-order valence-corrected chi connectivity index (χ4v) is 1.66. The van der Waals surface area contributed by atoms with E-state index in [1.165, 1.54) is 0 Å². The molecule has 1 unspecified atom stereocenters. The second-order valence-corrected chi connectivity index (χ2v) is 3.41. The van der Waals surface area contributed by atoms with Crippen molar-refractivity contribution in [2.45, 2.75) is 25.2 Å². The molecule has 4 heteroatoms. The van der Waals surface area contributed by atoms with Crippen LogP contribution in [0.2, 0.25) is 0 Å². The van der Waals surface area contributed by atoms with Gasteiger partial charge in [0, 0.05) is 24.1 Å². The third-order valence-corrected chi connectivity index (χ3v) is 2.65. The molecule has 0 aromatic rings. The lowest BCUT2D eigenvalue weighted by molar-refractivity contribution is -0.116. The van der Waals surface area contributed by atoms with E-state index in [1.54, 1.807) is 0 Å². The fraction of sp³-hybridized carbons (Fsp3) is 0.857. The van der Waals surface area contributed by atoms with Gasteiger partial charge in [-0.3, -0.25) is 0 Å². The molecule has 1 saturated carbocycles. The van der Waals surface area contributed by atoms with Crippen molar-refractivity contribution >= 4 is 17.9 Å². The molecule has 0 aromatic carbocycles. The highest BCUT2D eigenvalue weighted by Gasteiger charge is 2.48. The molecular weight excluding hydrogens is 174 g/mol. The molecule has 64 valence electrons. The van der Waals surface area contributed by atoms with Crippen LogP contribution in [0, 0.1) is 5.41 Å². The van der Waals surface area contributed by atoms with Gasteiger partial charge in [0.25, 0.3) is 0 Å². The molecule has 1 rings (SSSR count). The second kappa shape index (κ2) is 2.70. The SMILES string of the molecule is O=CC1(CCl)CCC(F)(F)C1. The molecule has 1 fully saturated rings. The molecule has 0 saturated heterocycles. The fourth-order valence-electron chi connectivity index (χ4n) is 1.37. The quantitative estimate of drug-likeness (QED) is 0.473. The van der Waals surface area contributed by atoms with Crippen molar-refractivity contribution in [2.75, 3.05) is 5.88 Å². The average molecular weight is 183 g/mol. The monoisotopic (exact) mass is 182 g/mol. The lowest BCUT2D eigenvalue weighted by Gasteiger charge is -2.17. The number of halogens is 3. The van der Waals surface area contributed by atoms with E-state index in [1.807, 2.05) is 0 Å². The number of rotatable bonds is 2. The summed E-state index contributed by atoms with van der Waals surface area (Å²) in [6.07, 6.45) is 0.194. The van der Waals surface area contributed by atoms with Crippen LogP contribution >= 0.6 is 11.6 Å². The summed E-state index contributed by atoms with van der Waals surface area (Å²) in [4.78, 5) is 10.4. The van der Waals surface area contributed by atoms with Crippen molar-refractivity contribution in [1.82, 2.24) is 0 Å². The summed E-state index contributed by atoms with van der Waals surface area (Å²) in [5.41, 5.74) is -0.953. The number of aldehydes is 1. The second-order valence-electron chi connectivity index (χ2n) is 3.15. The molecule has 0 amide bonds. The van der Waals surface area contributed by atoms with Crippen LogP contribution in [-0.4, -0.2) is 18.1 Å². The molecule has 0 N–H and O–H groups in total. The Balaban J connectivity index is 2.70. The molecule has 1 aliphatic rings. The van der Waals surface area contributed by atoms with E-state index < -0.39 is 11.3 Å². The number of alkyl halides is 3. The molecule has 0 heterocycles. The lowest BCUT2D eigenvalue weighted by Crippen LogP contribution is -2.23. The normalized spacial score (nSPS) is 35.5. The predicted octanol–water partition coefficient (Wildman–Crippen LogP) is 2.23. The summed E-state index contributed by atoms with van der Waals surface area (Å²) in [6.45, 7) is 0. The maximum atomic E-state index is 12.6. The highest BCUT2D eigenvalue weighted by molar-refractivity contribution is 6.19. The van der Waals surface area contributed by atoms with Gasteiger partial charge in [0.2, 0.25) is 5.92 Å². The summed E-state index contributed by atoms with van der Waals surface area (Å²) in [5.74, 6) is -2.68. The van der Waals surface area contributed by atoms with Crippen LogP contribution in [0.5, 0.6) is 0 Å².